The van der Waals surface area contributed by atoms with Gasteiger partial charge < -0.3 is 5.73 Å². The van der Waals surface area contributed by atoms with E-state index in [0.29, 0.717) is 6.54 Å². The zero-order chi connectivity index (χ0) is 10.5. The van der Waals surface area contributed by atoms with Gasteiger partial charge in [0.15, 0.2) is 0 Å². The van der Waals surface area contributed by atoms with Gasteiger partial charge in [-0.3, -0.25) is 4.98 Å². The van der Waals surface area contributed by atoms with Crippen molar-refractivity contribution in [3.63, 3.8) is 0 Å². The number of nitrogens with zero attached hydrogens (tertiary/aromatic N) is 3. The minimum atomic E-state index is 0.0277. The molecule has 4 nitrogen and oxygen atoms in total. The van der Waals surface area contributed by atoms with Gasteiger partial charge in [-0.25, -0.2) is 9.97 Å². The first-order valence-electron chi connectivity index (χ1n) is 4.78. The summed E-state index contributed by atoms with van der Waals surface area (Å²) in [7, 11) is 0. The summed E-state index contributed by atoms with van der Waals surface area (Å²) in [4.78, 5) is 12.5. The summed E-state index contributed by atoms with van der Waals surface area (Å²) in [5.41, 5.74) is 6.78. The fourth-order valence-corrected chi connectivity index (χ4v) is 1.46. The maximum absolute atomic E-state index is 5.73. The molecule has 76 valence electrons. The van der Waals surface area contributed by atoms with Crippen LogP contribution in [0.2, 0.25) is 0 Å². The van der Waals surface area contributed by atoms with Crippen LogP contribution in [0.5, 0.6) is 0 Å². The maximum Gasteiger partial charge on any atom is 0.136 e. The molecule has 2 aromatic heterocycles. The number of pyridine rings is 1. The van der Waals surface area contributed by atoms with E-state index >= 15 is 0 Å². The highest BCUT2D eigenvalue weighted by Crippen LogP contribution is 2.18. The van der Waals surface area contributed by atoms with Gasteiger partial charge in [0.2, 0.25) is 0 Å². The molecule has 2 rings (SSSR count). The average Bonchev–Trinajstić information content (AvgIpc) is 2.33. The molecule has 1 unspecified atom stereocenters. The number of aromatic nitrogens is 3. The lowest BCUT2D eigenvalue weighted by Gasteiger charge is -2.12. The van der Waals surface area contributed by atoms with Crippen molar-refractivity contribution < 1.29 is 0 Å². The molecule has 2 heterocycles. The third-order valence-electron chi connectivity index (χ3n) is 2.22. The van der Waals surface area contributed by atoms with Crippen molar-refractivity contribution in [1.82, 2.24) is 15.0 Å². The molecule has 0 fully saturated rings. The first-order valence-corrected chi connectivity index (χ1v) is 4.78. The number of hydrogen-bond donors (Lipinski definition) is 1. The fourth-order valence-electron chi connectivity index (χ4n) is 1.46. The third kappa shape index (κ3) is 2.16. The van der Waals surface area contributed by atoms with Gasteiger partial charge in [-0.05, 0) is 17.7 Å². The first-order chi connectivity index (χ1) is 7.42. The van der Waals surface area contributed by atoms with Crippen LogP contribution < -0.4 is 5.73 Å². The zero-order valence-corrected chi connectivity index (χ0v) is 8.24. The first kappa shape index (κ1) is 9.73. The van der Waals surface area contributed by atoms with Crippen LogP contribution in [0.25, 0.3) is 0 Å². The second kappa shape index (κ2) is 4.61. The van der Waals surface area contributed by atoms with Crippen LogP contribution in [0.15, 0.2) is 43.0 Å². The average molecular weight is 200 g/mol. The van der Waals surface area contributed by atoms with E-state index in [-0.39, 0.29) is 5.92 Å². The summed E-state index contributed by atoms with van der Waals surface area (Å²) in [6.07, 6.45) is 6.99. The molecule has 0 spiro atoms. The van der Waals surface area contributed by atoms with E-state index in [1.165, 1.54) is 0 Å². The van der Waals surface area contributed by atoms with Crippen molar-refractivity contribution in [1.29, 1.82) is 0 Å². The van der Waals surface area contributed by atoms with Gasteiger partial charge in [-0.2, -0.15) is 0 Å². The van der Waals surface area contributed by atoms with E-state index in [2.05, 4.69) is 15.0 Å². The van der Waals surface area contributed by atoms with Crippen molar-refractivity contribution in [2.45, 2.75) is 5.92 Å². The highest BCUT2D eigenvalue weighted by molar-refractivity contribution is 5.22. The molecular formula is C11H12N4. The third-order valence-corrected chi connectivity index (χ3v) is 2.22. The molecule has 2 N–H and O–H groups in total. The van der Waals surface area contributed by atoms with Gasteiger partial charge in [0.25, 0.3) is 0 Å². The maximum atomic E-state index is 5.73. The molecular weight excluding hydrogens is 188 g/mol. The van der Waals surface area contributed by atoms with E-state index in [1.54, 1.807) is 30.9 Å². The summed E-state index contributed by atoms with van der Waals surface area (Å²) in [5.74, 6) is 0.771. The summed E-state index contributed by atoms with van der Waals surface area (Å²) in [6.45, 7) is 0.482. The molecule has 0 aromatic carbocycles. The van der Waals surface area contributed by atoms with E-state index in [9.17, 15) is 0 Å². The quantitative estimate of drug-likeness (QED) is 0.801. The van der Waals surface area contributed by atoms with Crippen LogP contribution >= 0.6 is 0 Å². The van der Waals surface area contributed by atoms with Gasteiger partial charge in [0.05, 0.1) is 5.92 Å². The van der Waals surface area contributed by atoms with E-state index in [0.717, 1.165) is 11.4 Å². The molecule has 0 bridgehead atoms. The second-order valence-electron chi connectivity index (χ2n) is 3.18. The second-order valence-corrected chi connectivity index (χ2v) is 3.18. The van der Waals surface area contributed by atoms with Crippen molar-refractivity contribution in [2.24, 2.45) is 5.73 Å². The van der Waals surface area contributed by atoms with Crippen LogP contribution in [-0.4, -0.2) is 21.5 Å². The van der Waals surface area contributed by atoms with Crippen LogP contribution in [-0.2, 0) is 0 Å². The normalized spacial score (nSPS) is 12.3. The van der Waals surface area contributed by atoms with Crippen molar-refractivity contribution >= 4 is 0 Å². The predicted octanol–water partition coefficient (Wildman–Crippen LogP) is 0.962. The molecule has 1 atom stereocenters. The Bertz CT molecular complexity index is 362. The van der Waals surface area contributed by atoms with E-state index in [4.69, 9.17) is 5.73 Å². The Morgan fingerprint density at radius 3 is 2.53 bits per heavy atom. The lowest BCUT2D eigenvalue weighted by atomic mass is 10.0. The molecule has 15 heavy (non-hydrogen) atoms. The van der Waals surface area contributed by atoms with Crippen LogP contribution in [0.3, 0.4) is 0 Å². The zero-order valence-electron chi connectivity index (χ0n) is 8.24. The molecule has 4 heteroatoms. The minimum absolute atomic E-state index is 0.0277. The van der Waals surface area contributed by atoms with Crippen LogP contribution in [0.4, 0.5) is 0 Å². The van der Waals surface area contributed by atoms with Crippen molar-refractivity contribution in [3.8, 4) is 0 Å². The summed E-state index contributed by atoms with van der Waals surface area (Å²) >= 11 is 0. The SMILES string of the molecule is NCC(c1cccnc1)c1ncccn1. The van der Waals surface area contributed by atoms with Crippen LogP contribution in [0, 0.1) is 0 Å². The Morgan fingerprint density at radius 2 is 1.93 bits per heavy atom. The topological polar surface area (TPSA) is 64.7 Å². The molecule has 2 aromatic rings. The van der Waals surface area contributed by atoms with E-state index in [1.807, 2.05) is 12.1 Å². The molecule has 0 radical (unpaired) electrons. The smallest absolute Gasteiger partial charge is 0.136 e. The molecule has 0 saturated heterocycles. The molecule has 0 aliphatic heterocycles. The van der Waals surface area contributed by atoms with Gasteiger partial charge >= 0.3 is 0 Å². The van der Waals surface area contributed by atoms with Gasteiger partial charge in [0, 0.05) is 31.3 Å². The monoisotopic (exact) mass is 200 g/mol. The van der Waals surface area contributed by atoms with Gasteiger partial charge in [-0.15, -0.1) is 0 Å². The Morgan fingerprint density at radius 1 is 1.13 bits per heavy atom. The summed E-state index contributed by atoms with van der Waals surface area (Å²) in [6, 6.07) is 5.67. The lowest BCUT2D eigenvalue weighted by Crippen LogP contribution is -2.16. The van der Waals surface area contributed by atoms with Crippen LogP contribution in [0.1, 0.15) is 17.3 Å². The number of hydrogen-bond acceptors (Lipinski definition) is 4. The molecule has 0 amide bonds. The standard InChI is InChI=1S/C11H12N4/c12-7-10(9-3-1-4-13-8-9)11-14-5-2-6-15-11/h1-6,8,10H,7,12H2. The van der Waals surface area contributed by atoms with Gasteiger partial charge in [0.1, 0.15) is 5.82 Å². The van der Waals surface area contributed by atoms with E-state index < -0.39 is 0 Å². The largest absolute Gasteiger partial charge is 0.329 e. The number of nitrogens with two attached hydrogens (primary N) is 1. The molecule has 0 aliphatic rings. The fraction of sp³-hybridized carbons (Fsp3) is 0.182. The Labute approximate surface area is 88.2 Å². The lowest BCUT2D eigenvalue weighted by molar-refractivity contribution is 0.746. The Hall–Kier alpha value is -1.81. The summed E-state index contributed by atoms with van der Waals surface area (Å²) < 4.78 is 0. The highest BCUT2D eigenvalue weighted by Gasteiger charge is 2.14. The Balaban J connectivity index is 2.34. The summed E-state index contributed by atoms with van der Waals surface area (Å²) in [5, 5.41) is 0. The van der Waals surface area contributed by atoms with Gasteiger partial charge in [-0.1, -0.05) is 6.07 Å². The van der Waals surface area contributed by atoms with Crippen molar-refractivity contribution in [2.75, 3.05) is 6.54 Å². The number of rotatable bonds is 3. The molecule has 0 saturated carbocycles. The Kier molecular flexibility index (Phi) is 2.99. The predicted molar refractivity (Wildman–Crippen MR) is 57.2 cm³/mol. The highest BCUT2D eigenvalue weighted by atomic mass is 14.9. The minimum Gasteiger partial charge on any atom is -0.329 e. The molecule has 0 aliphatic carbocycles. The van der Waals surface area contributed by atoms with Crippen molar-refractivity contribution in [3.05, 3.63) is 54.4 Å².